The van der Waals surface area contributed by atoms with Crippen LogP contribution in [-0.2, 0) is 12.4 Å². The molecule has 3 rings (SSSR count). The van der Waals surface area contributed by atoms with Gasteiger partial charge in [0.25, 0.3) is 0 Å². The predicted octanol–water partition coefficient (Wildman–Crippen LogP) is 3.77. The Morgan fingerprint density at radius 2 is 2.05 bits per heavy atom. The number of hydrogen-bond acceptors (Lipinski definition) is 2. The van der Waals surface area contributed by atoms with Gasteiger partial charge < -0.3 is 9.47 Å². The zero-order valence-electron chi connectivity index (χ0n) is 11.6. The monoisotopic (exact) mass is 311 g/mol. The number of hydrogen-bond donors (Lipinski definition) is 0. The Labute approximate surface area is 129 Å². The molecule has 0 amide bonds. The lowest BCUT2D eigenvalue weighted by Crippen LogP contribution is -2.32. The van der Waals surface area contributed by atoms with Crippen LogP contribution in [0.1, 0.15) is 18.7 Å². The molecule has 1 fully saturated rings. The highest BCUT2D eigenvalue weighted by Crippen LogP contribution is 2.27. The summed E-state index contributed by atoms with van der Waals surface area (Å²) in [6.45, 7) is 3.34. The van der Waals surface area contributed by atoms with Gasteiger partial charge in [-0.15, -0.1) is 11.6 Å². The van der Waals surface area contributed by atoms with Crippen LogP contribution < -0.4 is 0 Å². The number of halogens is 2. The predicted molar refractivity (Wildman–Crippen MR) is 84.5 cm³/mol. The summed E-state index contributed by atoms with van der Waals surface area (Å²) in [5, 5.41) is 0.705. The first-order valence-electron chi connectivity index (χ1n) is 7.07. The van der Waals surface area contributed by atoms with Crippen LogP contribution in [0, 0.1) is 5.92 Å². The van der Waals surface area contributed by atoms with Gasteiger partial charge in [-0.25, -0.2) is 4.98 Å². The van der Waals surface area contributed by atoms with Gasteiger partial charge in [0, 0.05) is 6.54 Å². The number of rotatable bonds is 3. The Kier molecular flexibility index (Phi) is 4.20. The average molecular weight is 312 g/mol. The lowest BCUT2D eigenvalue weighted by atomic mass is 9.97. The molecule has 5 heteroatoms. The molecule has 108 valence electrons. The van der Waals surface area contributed by atoms with E-state index in [1.807, 2.05) is 12.1 Å². The minimum Gasteiger partial charge on any atom is -0.327 e. The van der Waals surface area contributed by atoms with Gasteiger partial charge in [-0.1, -0.05) is 17.7 Å². The van der Waals surface area contributed by atoms with Crippen molar-refractivity contribution >= 4 is 34.2 Å². The third-order valence-corrected chi connectivity index (χ3v) is 4.75. The number of imidazole rings is 1. The number of fused-ring (bicyclic) bond motifs is 1. The Morgan fingerprint density at radius 1 is 1.30 bits per heavy atom. The Bertz CT molecular complexity index is 600. The van der Waals surface area contributed by atoms with E-state index in [0.717, 1.165) is 23.4 Å². The van der Waals surface area contributed by atoms with E-state index in [9.17, 15) is 0 Å². The van der Waals surface area contributed by atoms with E-state index >= 15 is 0 Å². The van der Waals surface area contributed by atoms with Gasteiger partial charge in [0.05, 0.1) is 16.4 Å². The molecule has 1 aliphatic heterocycles. The van der Waals surface area contributed by atoms with E-state index in [-0.39, 0.29) is 0 Å². The van der Waals surface area contributed by atoms with Gasteiger partial charge in [-0.3, -0.25) is 0 Å². The molecular weight excluding hydrogens is 293 g/mol. The van der Waals surface area contributed by atoms with Crippen molar-refractivity contribution in [2.24, 2.45) is 5.92 Å². The average Bonchev–Trinajstić information content (AvgIpc) is 2.81. The molecule has 0 N–H and O–H groups in total. The summed E-state index contributed by atoms with van der Waals surface area (Å²) in [4.78, 5) is 6.99. The van der Waals surface area contributed by atoms with Gasteiger partial charge in [-0.05, 0) is 51.0 Å². The van der Waals surface area contributed by atoms with Gasteiger partial charge in [0.2, 0.25) is 0 Å². The standard InChI is InChI=1S/C15H19Cl2N3/c1-19-7-5-11(6-8-19)10-20-13-4-2-3-12(17)15(13)18-14(20)9-16/h2-4,11H,5-10H2,1H3. The summed E-state index contributed by atoms with van der Waals surface area (Å²) in [6.07, 6.45) is 2.47. The first-order valence-corrected chi connectivity index (χ1v) is 7.98. The highest BCUT2D eigenvalue weighted by atomic mass is 35.5. The molecule has 2 heterocycles. The van der Waals surface area contributed by atoms with Crippen molar-refractivity contribution in [2.75, 3.05) is 20.1 Å². The molecule has 1 aromatic heterocycles. The van der Waals surface area contributed by atoms with Gasteiger partial charge in [0.15, 0.2) is 0 Å². The SMILES string of the molecule is CN1CCC(Cn2c(CCl)nc3c(Cl)cccc32)CC1. The molecule has 0 aliphatic carbocycles. The maximum Gasteiger partial charge on any atom is 0.124 e. The first-order chi connectivity index (χ1) is 9.69. The number of benzene rings is 1. The topological polar surface area (TPSA) is 21.1 Å². The Hall–Kier alpha value is -0.770. The van der Waals surface area contributed by atoms with Crippen LogP contribution in [0.4, 0.5) is 0 Å². The fourth-order valence-electron chi connectivity index (χ4n) is 2.97. The molecule has 0 unspecified atom stereocenters. The van der Waals surface area contributed by atoms with E-state index in [4.69, 9.17) is 23.2 Å². The number of nitrogens with zero attached hydrogens (tertiary/aromatic N) is 3. The second-order valence-corrected chi connectivity index (χ2v) is 6.30. The molecule has 3 nitrogen and oxygen atoms in total. The van der Waals surface area contributed by atoms with Gasteiger partial charge >= 0.3 is 0 Å². The summed E-state index contributed by atoms with van der Waals surface area (Å²) >= 11 is 12.3. The van der Waals surface area contributed by atoms with E-state index in [0.29, 0.717) is 16.8 Å². The van der Waals surface area contributed by atoms with Crippen molar-refractivity contribution in [1.29, 1.82) is 0 Å². The van der Waals surface area contributed by atoms with Crippen LogP contribution in [-0.4, -0.2) is 34.6 Å². The van der Waals surface area contributed by atoms with Gasteiger partial charge in [0.1, 0.15) is 11.3 Å². The van der Waals surface area contributed by atoms with Crippen molar-refractivity contribution in [3.05, 3.63) is 29.0 Å². The Balaban J connectivity index is 1.92. The summed E-state index contributed by atoms with van der Waals surface area (Å²) in [5.41, 5.74) is 1.98. The summed E-state index contributed by atoms with van der Waals surface area (Å²) in [5.74, 6) is 2.05. The summed E-state index contributed by atoms with van der Waals surface area (Å²) < 4.78 is 2.25. The van der Waals surface area contributed by atoms with Crippen LogP contribution >= 0.6 is 23.2 Å². The van der Waals surface area contributed by atoms with Crippen LogP contribution in [0.5, 0.6) is 0 Å². The molecule has 0 atom stereocenters. The third kappa shape index (κ3) is 2.67. The largest absolute Gasteiger partial charge is 0.327 e. The number of alkyl halides is 1. The maximum absolute atomic E-state index is 6.24. The van der Waals surface area contributed by atoms with Crippen molar-refractivity contribution < 1.29 is 0 Å². The molecule has 0 spiro atoms. The van der Waals surface area contributed by atoms with Crippen molar-refractivity contribution in [3.63, 3.8) is 0 Å². The molecule has 1 aliphatic rings. The van der Waals surface area contributed by atoms with Crippen LogP contribution in [0.2, 0.25) is 5.02 Å². The van der Waals surface area contributed by atoms with E-state index in [1.54, 1.807) is 0 Å². The van der Waals surface area contributed by atoms with E-state index < -0.39 is 0 Å². The lowest BCUT2D eigenvalue weighted by Gasteiger charge is -2.29. The minimum atomic E-state index is 0.428. The molecule has 2 aromatic rings. The highest BCUT2D eigenvalue weighted by molar-refractivity contribution is 6.35. The fourth-order valence-corrected chi connectivity index (χ4v) is 3.39. The highest BCUT2D eigenvalue weighted by Gasteiger charge is 2.20. The maximum atomic E-state index is 6.24. The van der Waals surface area contributed by atoms with Crippen LogP contribution in [0.3, 0.4) is 0 Å². The molecule has 0 saturated carbocycles. The Morgan fingerprint density at radius 3 is 2.75 bits per heavy atom. The van der Waals surface area contributed by atoms with Crippen molar-refractivity contribution in [1.82, 2.24) is 14.5 Å². The summed E-state index contributed by atoms with van der Waals surface area (Å²) in [7, 11) is 2.19. The molecular formula is C15H19Cl2N3. The zero-order valence-corrected chi connectivity index (χ0v) is 13.2. The fraction of sp³-hybridized carbons (Fsp3) is 0.533. The second kappa shape index (κ2) is 5.92. The van der Waals surface area contributed by atoms with Crippen LogP contribution in [0.25, 0.3) is 11.0 Å². The second-order valence-electron chi connectivity index (χ2n) is 5.63. The minimum absolute atomic E-state index is 0.428. The molecule has 1 aromatic carbocycles. The van der Waals surface area contributed by atoms with Crippen molar-refractivity contribution in [3.8, 4) is 0 Å². The van der Waals surface area contributed by atoms with E-state index in [1.165, 1.54) is 25.9 Å². The quantitative estimate of drug-likeness (QED) is 0.805. The van der Waals surface area contributed by atoms with Gasteiger partial charge in [-0.2, -0.15) is 0 Å². The zero-order chi connectivity index (χ0) is 14.1. The molecule has 20 heavy (non-hydrogen) atoms. The smallest absolute Gasteiger partial charge is 0.124 e. The first kappa shape index (κ1) is 14.2. The lowest BCUT2D eigenvalue weighted by molar-refractivity contribution is 0.205. The number of piperidine rings is 1. The summed E-state index contributed by atoms with van der Waals surface area (Å²) in [6, 6.07) is 5.95. The number of likely N-dealkylation sites (tertiary alicyclic amines) is 1. The van der Waals surface area contributed by atoms with Crippen molar-refractivity contribution in [2.45, 2.75) is 25.3 Å². The number of para-hydroxylation sites is 1. The normalized spacial score (nSPS) is 17.9. The number of aromatic nitrogens is 2. The third-order valence-electron chi connectivity index (χ3n) is 4.21. The molecule has 0 radical (unpaired) electrons. The van der Waals surface area contributed by atoms with E-state index in [2.05, 4.69) is 27.6 Å². The molecule has 0 bridgehead atoms. The van der Waals surface area contributed by atoms with Crippen LogP contribution in [0.15, 0.2) is 18.2 Å². The molecule has 1 saturated heterocycles.